The number of hydrogen-bond acceptors (Lipinski definition) is 3. The van der Waals surface area contributed by atoms with Gasteiger partial charge in [-0.05, 0) is 54.4 Å². The minimum absolute atomic E-state index is 0.125. The van der Waals surface area contributed by atoms with Crippen molar-refractivity contribution in [2.24, 2.45) is 0 Å². The average molecular weight is 473 g/mol. The van der Waals surface area contributed by atoms with Crippen LogP contribution in [0.5, 0.6) is 0 Å². The van der Waals surface area contributed by atoms with E-state index in [2.05, 4.69) is 28.2 Å². The van der Waals surface area contributed by atoms with Crippen LogP contribution in [0.15, 0.2) is 88.2 Å². The fraction of sp³-hybridized carbons (Fsp3) is 0.136. The minimum Gasteiger partial charge on any atom is -0.325 e. The van der Waals surface area contributed by atoms with Gasteiger partial charge in [-0.25, -0.2) is 8.42 Å². The summed E-state index contributed by atoms with van der Waals surface area (Å²) in [5.74, 6) is -0.422. The highest BCUT2D eigenvalue weighted by atomic mass is 79.9. The number of aryl methyl sites for hydroxylation is 1. The second-order valence-electron chi connectivity index (χ2n) is 6.40. The van der Waals surface area contributed by atoms with E-state index in [9.17, 15) is 13.2 Å². The summed E-state index contributed by atoms with van der Waals surface area (Å²) in [6.45, 7) is 1.71. The van der Waals surface area contributed by atoms with E-state index in [1.54, 1.807) is 42.5 Å². The van der Waals surface area contributed by atoms with E-state index in [-0.39, 0.29) is 11.4 Å². The molecule has 0 saturated heterocycles. The molecule has 0 aromatic heterocycles. The Kier molecular flexibility index (Phi) is 6.71. The summed E-state index contributed by atoms with van der Waals surface area (Å²) in [6.07, 6.45) is 0.903. The van der Waals surface area contributed by atoms with Gasteiger partial charge in [0.15, 0.2) is 0 Å². The summed E-state index contributed by atoms with van der Waals surface area (Å²) in [4.78, 5) is 12.8. The number of benzene rings is 3. The van der Waals surface area contributed by atoms with Crippen molar-refractivity contribution < 1.29 is 13.2 Å². The Hall–Kier alpha value is -2.64. The van der Waals surface area contributed by atoms with Gasteiger partial charge in [0.2, 0.25) is 5.91 Å². The summed E-state index contributed by atoms with van der Waals surface area (Å²) in [6, 6.07) is 22.4. The van der Waals surface area contributed by atoms with Crippen LogP contribution in [0.4, 0.5) is 11.4 Å². The standard InChI is InChI=1S/C22H21BrN2O3S/c1-2-17-11-13-19(14-12-17)24-22(26)16-25(20-8-6-7-18(23)15-20)29(27,28)21-9-4-3-5-10-21/h3-15H,2,16H2,1H3,(H,24,26). The first kappa shape index (κ1) is 21.1. The largest absolute Gasteiger partial charge is 0.325 e. The predicted molar refractivity (Wildman–Crippen MR) is 120 cm³/mol. The van der Waals surface area contributed by atoms with Crippen molar-refractivity contribution in [1.82, 2.24) is 0 Å². The fourth-order valence-electron chi connectivity index (χ4n) is 2.82. The van der Waals surface area contributed by atoms with E-state index in [4.69, 9.17) is 0 Å². The molecule has 0 spiro atoms. The lowest BCUT2D eigenvalue weighted by atomic mass is 10.1. The summed E-state index contributed by atoms with van der Waals surface area (Å²) >= 11 is 3.36. The van der Waals surface area contributed by atoms with Gasteiger partial charge in [-0.2, -0.15) is 0 Å². The molecule has 0 aliphatic carbocycles. The van der Waals surface area contributed by atoms with Gasteiger partial charge in [0.25, 0.3) is 10.0 Å². The molecule has 29 heavy (non-hydrogen) atoms. The van der Waals surface area contributed by atoms with Crippen molar-refractivity contribution in [3.63, 3.8) is 0 Å². The number of rotatable bonds is 7. The number of nitrogens with one attached hydrogen (secondary N) is 1. The molecule has 1 amide bonds. The molecule has 5 nitrogen and oxygen atoms in total. The Balaban J connectivity index is 1.90. The van der Waals surface area contributed by atoms with Crippen LogP contribution in [0, 0.1) is 0 Å². The second-order valence-corrected chi connectivity index (χ2v) is 9.18. The third-order valence-electron chi connectivity index (χ3n) is 4.36. The van der Waals surface area contributed by atoms with Crippen molar-refractivity contribution in [2.75, 3.05) is 16.2 Å². The maximum Gasteiger partial charge on any atom is 0.264 e. The molecule has 0 unspecified atom stereocenters. The highest BCUT2D eigenvalue weighted by molar-refractivity contribution is 9.10. The van der Waals surface area contributed by atoms with Gasteiger partial charge in [-0.1, -0.05) is 59.3 Å². The van der Waals surface area contributed by atoms with Crippen LogP contribution in [-0.4, -0.2) is 20.9 Å². The van der Waals surface area contributed by atoms with Crippen molar-refractivity contribution in [3.8, 4) is 0 Å². The molecule has 0 atom stereocenters. The summed E-state index contributed by atoms with van der Waals surface area (Å²) < 4.78 is 28.3. The molecule has 0 aliphatic rings. The molecule has 0 saturated carbocycles. The summed E-state index contributed by atoms with van der Waals surface area (Å²) in [5, 5.41) is 2.77. The second kappa shape index (κ2) is 9.24. The van der Waals surface area contributed by atoms with E-state index in [0.717, 1.165) is 20.8 Å². The Labute approximate surface area is 179 Å². The lowest BCUT2D eigenvalue weighted by Crippen LogP contribution is -2.38. The van der Waals surface area contributed by atoms with Gasteiger partial charge in [0.1, 0.15) is 6.54 Å². The average Bonchev–Trinajstić information content (AvgIpc) is 2.73. The van der Waals surface area contributed by atoms with E-state index < -0.39 is 15.9 Å². The zero-order valence-corrected chi connectivity index (χ0v) is 18.3. The summed E-state index contributed by atoms with van der Waals surface area (Å²) in [7, 11) is -3.92. The molecule has 1 N–H and O–H groups in total. The fourth-order valence-corrected chi connectivity index (χ4v) is 4.64. The molecule has 3 aromatic rings. The Morgan fingerprint density at radius 2 is 1.66 bits per heavy atom. The number of anilines is 2. The van der Waals surface area contributed by atoms with Crippen LogP contribution < -0.4 is 9.62 Å². The first-order valence-electron chi connectivity index (χ1n) is 9.12. The monoisotopic (exact) mass is 472 g/mol. The Morgan fingerprint density at radius 1 is 0.966 bits per heavy atom. The maximum atomic E-state index is 13.2. The third kappa shape index (κ3) is 5.25. The van der Waals surface area contributed by atoms with Crippen LogP contribution in [0.1, 0.15) is 12.5 Å². The van der Waals surface area contributed by atoms with Gasteiger partial charge in [0, 0.05) is 10.2 Å². The molecule has 7 heteroatoms. The molecule has 0 heterocycles. The van der Waals surface area contributed by atoms with Gasteiger partial charge >= 0.3 is 0 Å². The molecule has 0 bridgehead atoms. The van der Waals surface area contributed by atoms with Crippen LogP contribution in [-0.2, 0) is 21.2 Å². The Bertz CT molecular complexity index is 1080. The van der Waals surface area contributed by atoms with E-state index in [1.807, 2.05) is 24.3 Å². The van der Waals surface area contributed by atoms with Gasteiger partial charge < -0.3 is 5.32 Å². The Morgan fingerprint density at radius 3 is 2.28 bits per heavy atom. The SMILES string of the molecule is CCc1ccc(NC(=O)CN(c2cccc(Br)c2)S(=O)(=O)c2ccccc2)cc1. The van der Waals surface area contributed by atoms with Crippen molar-refractivity contribution >= 4 is 43.2 Å². The smallest absolute Gasteiger partial charge is 0.264 e. The highest BCUT2D eigenvalue weighted by Crippen LogP contribution is 2.26. The molecular formula is C22H21BrN2O3S. The number of carbonyl (C=O) groups is 1. The summed E-state index contributed by atoms with van der Waals surface area (Å²) in [5.41, 5.74) is 2.18. The number of amides is 1. The molecule has 0 radical (unpaired) electrons. The van der Waals surface area contributed by atoms with Gasteiger partial charge in [0.05, 0.1) is 10.6 Å². The van der Waals surface area contributed by atoms with Crippen LogP contribution >= 0.6 is 15.9 Å². The van der Waals surface area contributed by atoms with Gasteiger partial charge in [-0.15, -0.1) is 0 Å². The number of hydrogen-bond donors (Lipinski definition) is 1. The number of nitrogens with zero attached hydrogens (tertiary/aromatic N) is 1. The van der Waals surface area contributed by atoms with Crippen LogP contribution in [0.3, 0.4) is 0 Å². The van der Waals surface area contributed by atoms with E-state index in [1.165, 1.54) is 12.1 Å². The molecule has 3 rings (SSSR count). The zero-order chi connectivity index (χ0) is 20.9. The lowest BCUT2D eigenvalue weighted by molar-refractivity contribution is -0.114. The zero-order valence-electron chi connectivity index (χ0n) is 15.9. The first-order chi connectivity index (χ1) is 13.9. The molecule has 3 aromatic carbocycles. The topological polar surface area (TPSA) is 66.5 Å². The third-order valence-corrected chi connectivity index (χ3v) is 6.64. The minimum atomic E-state index is -3.92. The van der Waals surface area contributed by atoms with E-state index in [0.29, 0.717) is 11.4 Å². The normalized spacial score (nSPS) is 11.1. The van der Waals surface area contributed by atoms with E-state index >= 15 is 0 Å². The van der Waals surface area contributed by atoms with Crippen molar-refractivity contribution in [2.45, 2.75) is 18.2 Å². The maximum absolute atomic E-state index is 13.2. The molecular weight excluding hydrogens is 452 g/mol. The van der Waals surface area contributed by atoms with Crippen molar-refractivity contribution in [3.05, 3.63) is 88.9 Å². The quantitative estimate of drug-likeness (QED) is 0.534. The highest BCUT2D eigenvalue weighted by Gasteiger charge is 2.27. The van der Waals surface area contributed by atoms with Crippen molar-refractivity contribution in [1.29, 1.82) is 0 Å². The lowest BCUT2D eigenvalue weighted by Gasteiger charge is -2.24. The number of halogens is 1. The van der Waals surface area contributed by atoms with Gasteiger partial charge in [-0.3, -0.25) is 9.10 Å². The number of carbonyl (C=O) groups excluding carboxylic acids is 1. The number of sulfonamides is 1. The van der Waals surface area contributed by atoms with Crippen LogP contribution in [0.25, 0.3) is 0 Å². The first-order valence-corrected chi connectivity index (χ1v) is 11.4. The molecule has 0 fully saturated rings. The molecule has 150 valence electrons. The molecule has 0 aliphatic heterocycles. The van der Waals surface area contributed by atoms with Crippen LogP contribution in [0.2, 0.25) is 0 Å². The predicted octanol–water partition coefficient (Wildman–Crippen LogP) is 4.85.